The highest BCUT2D eigenvalue weighted by Gasteiger charge is 2.17. The Hall–Kier alpha value is -3.00. The molecule has 4 aromatic rings. The van der Waals surface area contributed by atoms with E-state index < -0.39 is 0 Å². The van der Waals surface area contributed by atoms with Crippen molar-refractivity contribution < 1.29 is 8.91 Å². The maximum atomic E-state index is 13.4. The summed E-state index contributed by atoms with van der Waals surface area (Å²) in [6.45, 7) is 1.97. The summed E-state index contributed by atoms with van der Waals surface area (Å²) in [4.78, 5) is 4.32. The van der Waals surface area contributed by atoms with Crippen molar-refractivity contribution in [2.75, 3.05) is 0 Å². The van der Waals surface area contributed by atoms with Gasteiger partial charge in [0.25, 0.3) is 0 Å². The van der Waals surface area contributed by atoms with Crippen molar-refractivity contribution in [1.82, 2.24) is 24.9 Å². The smallest absolute Gasteiger partial charge is 0.237 e. The third-order valence-electron chi connectivity index (χ3n) is 3.90. The Morgan fingerprint density at radius 2 is 1.81 bits per heavy atom. The summed E-state index contributed by atoms with van der Waals surface area (Å²) in [5.41, 5.74) is 1.70. The Labute approximate surface area is 159 Å². The van der Waals surface area contributed by atoms with E-state index in [-0.39, 0.29) is 5.82 Å². The van der Waals surface area contributed by atoms with Crippen LogP contribution in [0.4, 0.5) is 4.39 Å². The van der Waals surface area contributed by atoms with E-state index in [1.807, 2.05) is 41.8 Å². The lowest BCUT2D eigenvalue weighted by Gasteiger charge is -2.10. The van der Waals surface area contributed by atoms with E-state index in [0.29, 0.717) is 28.4 Å². The van der Waals surface area contributed by atoms with Crippen molar-refractivity contribution in [1.29, 1.82) is 0 Å². The summed E-state index contributed by atoms with van der Waals surface area (Å²) in [6, 6.07) is 16.0. The lowest BCUT2D eigenvalue weighted by atomic mass is 10.2. The number of halogens is 1. The maximum absolute atomic E-state index is 13.4. The van der Waals surface area contributed by atoms with E-state index in [4.69, 9.17) is 4.52 Å². The quantitative estimate of drug-likeness (QED) is 0.464. The van der Waals surface area contributed by atoms with Gasteiger partial charge in [-0.2, -0.15) is 4.98 Å². The number of aryl methyl sites for hydroxylation is 1. The van der Waals surface area contributed by atoms with Crippen LogP contribution in [0.5, 0.6) is 0 Å². The van der Waals surface area contributed by atoms with Crippen LogP contribution in [0, 0.1) is 5.82 Å². The molecular formula is C19H16FN5OS. The van der Waals surface area contributed by atoms with Crippen LogP contribution < -0.4 is 0 Å². The number of hydrogen-bond donors (Lipinski definition) is 0. The zero-order chi connectivity index (χ0) is 18.6. The van der Waals surface area contributed by atoms with Crippen molar-refractivity contribution in [3.8, 4) is 17.1 Å². The van der Waals surface area contributed by atoms with Crippen LogP contribution in [-0.2, 0) is 12.2 Å². The molecule has 0 atom stereocenters. The Morgan fingerprint density at radius 3 is 2.52 bits per heavy atom. The Morgan fingerprint density at radius 1 is 1.04 bits per heavy atom. The maximum Gasteiger partial charge on any atom is 0.237 e. The Bertz CT molecular complexity index is 1030. The molecule has 0 unspecified atom stereocenters. The van der Waals surface area contributed by atoms with Gasteiger partial charge >= 0.3 is 0 Å². The highest BCUT2D eigenvalue weighted by molar-refractivity contribution is 7.98. The van der Waals surface area contributed by atoms with Crippen molar-refractivity contribution in [3.63, 3.8) is 0 Å². The van der Waals surface area contributed by atoms with Gasteiger partial charge in [0.15, 0.2) is 16.8 Å². The molecule has 0 N–H and O–H groups in total. The summed E-state index contributed by atoms with van der Waals surface area (Å²) in [5, 5.41) is 13.2. The Balaban J connectivity index is 1.70. The van der Waals surface area contributed by atoms with Crippen molar-refractivity contribution in [2.45, 2.75) is 24.3 Å². The summed E-state index contributed by atoms with van der Waals surface area (Å²) in [7, 11) is 0. The standard InChI is InChI=1S/C19H16FN5OS/c1-2-16-21-17(26-24-16)12-27-19-23-22-18(13-6-4-3-5-7-13)25(19)15-10-8-14(20)9-11-15/h3-11H,2,12H2,1H3. The average molecular weight is 381 g/mol. The molecule has 0 aliphatic carbocycles. The molecule has 2 aromatic heterocycles. The molecule has 0 amide bonds. The van der Waals surface area contributed by atoms with Gasteiger partial charge in [-0.1, -0.05) is 54.2 Å². The fourth-order valence-corrected chi connectivity index (χ4v) is 3.37. The fraction of sp³-hybridized carbons (Fsp3) is 0.158. The predicted molar refractivity (Wildman–Crippen MR) is 100.0 cm³/mol. The normalized spacial score (nSPS) is 11.0. The number of thioether (sulfide) groups is 1. The first kappa shape index (κ1) is 17.4. The van der Waals surface area contributed by atoms with Crippen molar-refractivity contribution >= 4 is 11.8 Å². The minimum Gasteiger partial charge on any atom is -0.338 e. The van der Waals surface area contributed by atoms with Gasteiger partial charge in [0, 0.05) is 17.7 Å². The number of nitrogens with zero attached hydrogens (tertiary/aromatic N) is 5. The fourth-order valence-electron chi connectivity index (χ4n) is 2.58. The lowest BCUT2D eigenvalue weighted by Crippen LogP contribution is -2.00. The van der Waals surface area contributed by atoms with Crippen LogP contribution in [0.2, 0.25) is 0 Å². The van der Waals surface area contributed by atoms with Gasteiger partial charge in [-0.05, 0) is 24.3 Å². The van der Waals surface area contributed by atoms with Gasteiger partial charge in [0.1, 0.15) is 5.82 Å². The first-order chi connectivity index (χ1) is 13.2. The van der Waals surface area contributed by atoms with E-state index in [1.54, 1.807) is 12.1 Å². The zero-order valence-corrected chi connectivity index (χ0v) is 15.4. The molecule has 0 saturated carbocycles. The molecule has 0 spiro atoms. The number of benzene rings is 2. The van der Waals surface area contributed by atoms with E-state index in [0.717, 1.165) is 17.7 Å². The topological polar surface area (TPSA) is 69.6 Å². The molecule has 0 bridgehead atoms. The first-order valence-corrected chi connectivity index (χ1v) is 9.44. The molecule has 4 rings (SSSR count). The number of rotatable bonds is 6. The van der Waals surface area contributed by atoms with E-state index >= 15 is 0 Å². The average Bonchev–Trinajstić information content (AvgIpc) is 3.34. The molecule has 27 heavy (non-hydrogen) atoms. The van der Waals surface area contributed by atoms with Crippen LogP contribution in [0.3, 0.4) is 0 Å². The van der Waals surface area contributed by atoms with Gasteiger partial charge < -0.3 is 4.52 Å². The predicted octanol–water partition coefficient (Wildman–Crippen LogP) is 4.31. The minimum atomic E-state index is -0.291. The molecular weight excluding hydrogens is 365 g/mol. The summed E-state index contributed by atoms with van der Waals surface area (Å²) < 4.78 is 20.5. The van der Waals surface area contributed by atoms with E-state index in [2.05, 4.69) is 20.3 Å². The molecule has 2 aromatic carbocycles. The van der Waals surface area contributed by atoms with E-state index in [9.17, 15) is 4.39 Å². The van der Waals surface area contributed by atoms with Gasteiger partial charge in [-0.15, -0.1) is 10.2 Å². The van der Waals surface area contributed by atoms with Crippen LogP contribution in [0.1, 0.15) is 18.6 Å². The van der Waals surface area contributed by atoms with Crippen molar-refractivity contribution in [3.05, 3.63) is 72.1 Å². The number of aromatic nitrogens is 5. The summed E-state index contributed by atoms with van der Waals surface area (Å²) in [6.07, 6.45) is 0.720. The molecule has 6 nitrogen and oxygen atoms in total. The summed E-state index contributed by atoms with van der Waals surface area (Å²) >= 11 is 1.44. The molecule has 0 saturated heterocycles. The SMILES string of the molecule is CCc1noc(CSc2nnc(-c3ccccc3)n2-c2ccc(F)cc2)n1. The molecule has 136 valence electrons. The van der Waals surface area contributed by atoms with Gasteiger partial charge in [0.05, 0.1) is 5.75 Å². The zero-order valence-electron chi connectivity index (χ0n) is 14.5. The number of hydrogen-bond acceptors (Lipinski definition) is 6. The second kappa shape index (κ2) is 7.71. The second-order valence-electron chi connectivity index (χ2n) is 5.73. The summed E-state index contributed by atoms with van der Waals surface area (Å²) in [5.74, 6) is 2.08. The van der Waals surface area contributed by atoms with E-state index in [1.165, 1.54) is 23.9 Å². The van der Waals surface area contributed by atoms with Crippen LogP contribution >= 0.6 is 11.8 Å². The van der Waals surface area contributed by atoms with Gasteiger partial charge in [-0.3, -0.25) is 4.57 Å². The third kappa shape index (κ3) is 3.75. The van der Waals surface area contributed by atoms with Crippen LogP contribution in [0.15, 0.2) is 64.3 Å². The Kier molecular flexibility index (Phi) is 4.97. The third-order valence-corrected chi connectivity index (χ3v) is 4.82. The molecule has 8 heteroatoms. The van der Waals surface area contributed by atoms with Crippen molar-refractivity contribution in [2.24, 2.45) is 0 Å². The lowest BCUT2D eigenvalue weighted by molar-refractivity contribution is 0.385. The first-order valence-electron chi connectivity index (χ1n) is 8.45. The molecule has 0 aliphatic rings. The highest BCUT2D eigenvalue weighted by atomic mass is 32.2. The highest BCUT2D eigenvalue weighted by Crippen LogP contribution is 2.29. The second-order valence-corrected chi connectivity index (χ2v) is 6.67. The monoisotopic (exact) mass is 381 g/mol. The molecule has 0 fully saturated rings. The molecule has 0 aliphatic heterocycles. The van der Waals surface area contributed by atoms with Crippen LogP contribution in [-0.4, -0.2) is 24.9 Å². The largest absolute Gasteiger partial charge is 0.338 e. The van der Waals surface area contributed by atoms with Crippen LogP contribution in [0.25, 0.3) is 17.1 Å². The molecule has 0 radical (unpaired) electrons. The van der Waals surface area contributed by atoms with Gasteiger partial charge in [0.2, 0.25) is 5.89 Å². The molecule has 2 heterocycles. The van der Waals surface area contributed by atoms with Gasteiger partial charge in [-0.25, -0.2) is 4.39 Å². The minimum absolute atomic E-state index is 0.291.